The highest BCUT2D eigenvalue weighted by atomic mass is 32.2. The standard InChI is InChI=1S/C22H26FN3O6S2/c1-12(2)16-8-14(11-24)22(23)21(13(3)4)17(16)10-20(28)26-34(31,32)19-7-6-15(9-18(19)27)33(29,30)25-5/h6-9,12-13,25,27H,10H2,1-5H3,(H,26,28). The minimum atomic E-state index is -4.58. The van der Waals surface area contributed by atoms with Gasteiger partial charge in [0.2, 0.25) is 15.9 Å². The van der Waals surface area contributed by atoms with Crippen molar-refractivity contribution in [3.05, 3.63) is 52.3 Å². The maximum absolute atomic E-state index is 14.9. The van der Waals surface area contributed by atoms with E-state index < -0.39 is 54.8 Å². The molecule has 0 aliphatic rings. The second-order valence-corrected chi connectivity index (χ2v) is 11.7. The predicted molar refractivity (Wildman–Crippen MR) is 123 cm³/mol. The van der Waals surface area contributed by atoms with Crippen LogP contribution in [0.25, 0.3) is 0 Å². The highest BCUT2D eigenvalue weighted by Crippen LogP contribution is 2.33. The van der Waals surface area contributed by atoms with Gasteiger partial charge in [-0.25, -0.2) is 30.7 Å². The zero-order chi connectivity index (χ0) is 26.0. The second kappa shape index (κ2) is 10.1. The normalized spacial score (nSPS) is 12.1. The molecule has 0 saturated heterocycles. The van der Waals surface area contributed by atoms with Crippen LogP contribution >= 0.6 is 0 Å². The van der Waals surface area contributed by atoms with E-state index in [1.165, 1.54) is 6.07 Å². The second-order valence-electron chi connectivity index (χ2n) is 8.18. The van der Waals surface area contributed by atoms with Gasteiger partial charge in [-0.2, -0.15) is 5.26 Å². The zero-order valence-corrected chi connectivity index (χ0v) is 20.9. The number of nitrogens with zero attached hydrogens (tertiary/aromatic N) is 1. The number of carbonyl (C=O) groups is 1. The SMILES string of the molecule is CNS(=O)(=O)c1ccc(S(=O)(=O)NC(=O)Cc2c(C(C)C)cc(C#N)c(F)c2C(C)C)c(O)c1. The minimum absolute atomic E-state index is 0.153. The fourth-order valence-electron chi connectivity index (χ4n) is 3.55. The third-order valence-corrected chi connectivity index (χ3v) is 7.98. The molecular weight excluding hydrogens is 485 g/mol. The van der Waals surface area contributed by atoms with Gasteiger partial charge in [-0.1, -0.05) is 27.7 Å². The maximum Gasteiger partial charge on any atom is 0.267 e. The fraction of sp³-hybridized carbons (Fsp3) is 0.364. The van der Waals surface area contributed by atoms with Crippen molar-refractivity contribution in [1.29, 1.82) is 5.26 Å². The van der Waals surface area contributed by atoms with Gasteiger partial charge in [0.15, 0.2) is 0 Å². The molecule has 0 atom stereocenters. The summed E-state index contributed by atoms with van der Waals surface area (Å²) in [4.78, 5) is 11.7. The molecule has 2 rings (SSSR count). The molecule has 0 saturated carbocycles. The molecule has 12 heteroatoms. The molecule has 0 bridgehead atoms. The average Bonchev–Trinajstić information content (AvgIpc) is 2.72. The van der Waals surface area contributed by atoms with Crippen LogP contribution in [0, 0.1) is 17.1 Å². The van der Waals surface area contributed by atoms with E-state index in [1.54, 1.807) is 33.8 Å². The van der Waals surface area contributed by atoms with Crippen molar-refractivity contribution in [3.63, 3.8) is 0 Å². The number of benzene rings is 2. The molecule has 0 fully saturated rings. The van der Waals surface area contributed by atoms with Gasteiger partial charge in [0.05, 0.1) is 16.9 Å². The largest absolute Gasteiger partial charge is 0.506 e. The number of phenolic OH excluding ortho intramolecular Hbond substituents is 1. The van der Waals surface area contributed by atoms with Gasteiger partial charge in [-0.15, -0.1) is 0 Å². The van der Waals surface area contributed by atoms with Gasteiger partial charge in [0.25, 0.3) is 10.0 Å². The third kappa shape index (κ3) is 5.55. The van der Waals surface area contributed by atoms with Crippen molar-refractivity contribution in [2.24, 2.45) is 0 Å². The lowest BCUT2D eigenvalue weighted by Gasteiger charge is -2.21. The number of phenols is 1. The monoisotopic (exact) mass is 511 g/mol. The van der Waals surface area contributed by atoms with Crippen molar-refractivity contribution in [2.75, 3.05) is 7.05 Å². The number of halogens is 1. The molecule has 9 nitrogen and oxygen atoms in total. The maximum atomic E-state index is 14.9. The lowest BCUT2D eigenvalue weighted by molar-refractivity contribution is -0.118. The first-order valence-corrected chi connectivity index (χ1v) is 13.2. The Bertz CT molecular complexity index is 1380. The molecule has 0 aliphatic carbocycles. The summed E-state index contributed by atoms with van der Waals surface area (Å²) < 4.78 is 67.9. The van der Waals surface area contributed by atoms with E-state index in [9.17, 15) is 36.4 Å². The fourth-order valence-corrected chi connectivity index (χ4v) is 5.36. The van der Waals surface area contributed by atoms with E-state index in [0.29, 0.717) is 5.56 Å². The number of rotatable bonds is 8. The number of nitrogens with one attached hydrogen (secondary N) is 2. The van der Waals surface area contributed by atoms with Gasteiger partial charge < -0.3 is 5.11 Å². The quantitative estimate of drug-likeness (QED) is 0.492. The third-order valence-electron chi connectivity index (χ3n) is 5.15. The van der Waals surface area contributed by atoms with Crippen LogP contribution in [-0.2, 0) is 31.3 Å². The number of nitriles is 1. The van der Waals surface area contributed by atoms with Gasteiger partial charge in [0, 0.05) is 6.07 Å². The Hall–Kier alpha value is -3.01. The van der Waals surface area contributed by atoms with Crippen molar-refractivity contribution in [3.8, 4) is 11.8 Å². The Morgan fingerprint density at radius 3 is 2.18 bits per heavy atom. The van der Waals surface area contributed by atoms with Crippen LogP contribution < -0.4 is 9.44 Å². The van der Waals surface area contributed by atoms with Crippen LogP contribution in [0.2, 0.25) is 0 Å². The lowest BCUT2D eigenvalue weighted by atomic mass is 9.85. The molecule has 2 aromatic rings. The van der Waals surface area contributed by atoms with E-state index >= 15 is 0 Å². The van der Waals surface area contributed by atoms with Gasteiger partial charge in [-0.3, -0.25) is 4.79 Å². The molecular formula is C22H26FN3O6S2. The molecule has 0 heterocycles. The number of carbonyl (C=O) groups excluding carboxylic acids is 1. The van der Waals surface area contributed by atoms with Crippen molar-refractivity contribution in [2.45, 2.75) is 55.7 Å². The summed E-state index contributed by atoms with van der Waals surface area (Å²) in [5.41, 5.74) is 0.818. The highest BCUT2D eigenvalue weighted by Gasteiger charge is 2.27. The first kappa shape index (κ1) is 27.2. The van der Waals surface area contributed by atoms with Gasteiger partial charge in [0.1, 0.15) is 22.5 Å². The smallest absolute Gasteiger partial charge is 0.267 e. The molecule has 3 N–H and O–H groups in total. The molecule has 0 radical (unpaired) electrons. The van der Waals surface area contributed by atoms with E-state index in [0.717, 1.165) is 25.2 Å². The minimum Gasteiger partial charge on any atom is -0.506 e. The zero-order valence-electron chi connectivity index (χ0n) is 19.3. The van der Waals surface area contributed by atoms with Crippen LogP contribution in [0.4, 0.5) is 4.39 Å². The summed E-state index contributed by atoms with van der Waals surface area (Å²) in [6.45, 7) is 6.99. The Morgan fingerprint density at radius 1 is 1.09 bits per heavy atom. The Labute approximate surface area is 198 Å². The van der Waals surface area contributed by atoms with Crippen LogP contribution in [-0.4, -0.2) is 34.9 Å². The molecule has 0 aromatic heterocycles. The number of hydrogen-bond acceptors (Lipinski definition) is 7. The number of hydrogen-bond donors (Lipinski definition) is 3. The molecule has 2 aromatic carbocycles. The Balaban J connectivity index is 2.47. The highest BCUT2D eigenvalue weighted by molar-refractivity contribution is 7.90. The van der Waals surface area contributed by atoms with Gasteiger partial charge in [-0.05, 0) is 53.8 Å². The Morgan fingerprint density at radius 2 is 1.71 bits per heavy atom. The average molecular weight is 512 g/mol. The molecule has 0 unspecified atom stereocenters. The molecule has 0 aliphatic heterocycles. The lowest BCUT2D eigenvalue weighted by Crippen LogP contribution is -2.32. The summed E-state index contributed by atoms with van der Waals surface area (Å²) >= 11 is 0. The first-order chi connectivity index (χ1) is 15.7. The number of sulfonamides is 2. The molecule has 34 heavy (non-hydrogen) atoms. The predicted octanol–water partition coefficient (Wildman–Crippen LogP) is 2.61. The van der Waals surface area contributed by atoms with Crippen LogP contribution in [0.15, 0.2) is 34.1 Å². The molecule has 0 spiro atoms. The molecule has 184 valence electrons. The van der Waals surface area contributed by atoms with Crippen molar-refractivity contribution >= 4 is 26.0 Å². The Kier molecular flexibility index (Phi) is 8.08. The first-order valence-electron chi connectivity index (χ1n) is 10.2. The van der Waals surface area contributed by atoms with Crippen molar-refractivity contribution in [1.82, 2.24) is 9.44 Å². The topological polar surface area (TPSA) is 153 Å². The van der Waals surface area contributed by atoms with Crippen LogP contribution in [0.1, 0.15) is 61.8 Å². The van der Waals surface area contributed by atoms with Gasteiger partial charge >= 0.3 is 0 Å². The summed E-state index contributed by atoms with van der Waals surface area (Å²) in [6, 6.07) is 5.73. The summed E-state index contributed by atoms with van der Waals surface area (Å²) in [7, 11) is -7.36. The van der Waals surface area contributed by atoms with E-state index in [4.69, 9.17) is 0 Å². The number of aromatic hydroxyl groups is 1. The number of amides is 1. The summed E-state index contributed by atoms with van der Waals surface area (Å²) in [5, 5.41) is 19.4. The van der Waals surface area contributed by atoms with Crippen LogP contribution in [0.3, 0.4) is 0 Å². The summed E-state index contributed by atoms with van der Waals surface area (Å²) in [6.07, 6.45) is -0.490. The van der Waals surface area contributed by atoms with E-state index in [1.807, 2.05) is 9.44 Å². The van der Waals surface area contributed by atoms with E-state index in [2.05, 4.69) is 0 Å². The van der Waals surface area contributed by atoms with E-state index in [-0.39, 0.29) is 27.5 Å². The van der Waals surface area contributed by atoms with Crippen LogP contribution in [0.5, 0.6) is 5.75 Å². The summed E-state index contributed by atoms with van der Waals surface area (Å²) in [5.74, 6) is -3.19. The molecule has 1 amide bonds. The van der Waals surface area contributed by atoms with Crippen molar-refractivity contribution < 1.29 is 31.1 Å².